The minimum absolute atomic E-state index is 0.353. The van der Waals surface area contributed by atoms with Crippen LogP contribution in [-0.4, -0.2) is 33.0 Å². The molecule has 2 aromatic rings. The molecule has 0 unspecified atom stereocenters. The van der Waals surface area contributed by atoms with Gasteiger partial charge in [0.15, 0.2) is 11.5 Å². The molecule has 0 amide bonds. The van der Waals surface area contributed by atoms with E-state index in [1.54, 1.807) is 9.80 Å². The molecule has 4 rings (SSSR count). The molecule has 2 aliphatic heterocycles. The van der Waals surface area contributed by atoms with Crippen molar-refractivity contribution in [1.82, 2.24) is 0 Å². The van der Waals surface area contributed by atoms with Crippen LogP contribution in [0.5, 0.6) is 11.5 Å². The molecule has 2 heterocycles. The fourth-order valence-electron chi connectivity index (χ4n) is 3.91. The van der Waals surface area contributed by atoms with Crippen molar-refractivity contribution in [2.24, 2.45) is 0 Å². The molecule has 2 aromatic carbocycles. The molecule has 0 aliphatic carbocycles. The quantitative estimate of drug-likeness (QED) is 0.849. The average molecular weight is 340 g/mol. The van der Waals surface area contributed by atoms with E-state index in [4.69, 9.17) is 9.47 Å². The van der Waals surface area contributed by atoms with Crippen LogP contribution < -0.4 is 19.3 Å². The number of fused-ring (bicyclic) bond motifs is 1. The third-order valence-electron chi connectivity index (χ3n) is 5.50. The second-order valence-electron chi connectivity index (χ2n) is 7.47. The number of nitrogens with one attached hydrogen (secondary N) is 2. The van der Waals surface area contributed by atoms with E-state index in [-0.39, 0.29) is 0 Å². The van der Waals surface area contributed by atoms with Crippen LogP contribution in [0.15, 0.2) is 36.4 Å². The van der Waals surface area contributed by atoms with Crippen molar-refractivity contribution in [3.05, 3.63) is 58.7 Å². The summed E-state index contributed by atoms with van der Waals surface area (Å²) in [6, 6.07) is 13.2. The summed E-state index contributed by atoms with van der Waals surface area (Å²) in [6.07, 6.45) is 0. The van der Waals surface area contributed by atoms with Gasteiger partial charge < -0.3 is 19.3 Å². The van der Waals surface area contributed by atoms with Gasteiger partial charge in [-0.25, -0.2) is 0 Å². The van der Waals surface area contributed by atoms with Gasteiger partial charge in [0.1, 0.15) is 39.3 Å². The van der Waals surface area contributed by atoms with Gasteiger partial charge in [0.25, 0.3) is 0 Å². The predicted molar refractivity (Wildman–Crippen MR) is 97.3 cm³/mol. The van der Waals surface area contributed by atoms with Crippen molar-refractivity contribution in [1.29, 1.82) is 0 Å². The normalized spacial score (nSPS) is 22.2. The number of ether oxygens (including phenoxy) is 2. The highest BCUT2D eigenvalue weighted by Crippen LogP contribution is 2.32. The lowest BCUT2D eigenvalue weighted by Gasteiger charge is -2.30. The van der Waals surface area contributed by atoms with Crippen LogP contribution in [0.2, 0.25) is 0 Å². The zero-order valence-corrected chi connectivity index (χ0v) is 15.2. The largest absolute Gasteiger partial charge is 0.454 e. The Morgan fingerprint density at radius 1 is 0.800 bits per heavy atom. The third-order valence-corrected chi connectivity index (χ3v) is 5.50. The number of aryl methyl sites for hydroxylation is 2. The third kappa shape index (κ3) is 3.80. The zero-order chi connectivity index (χ0) is 17.2. The smallest absolute Gasteiger partial charge is 0.231 e. The second-order valence-corrected chi connectivity index (χ2v) is 7.47. The van der Waals surface area contributed by atoms with Crippen molar-refractivity contribution in [3.63, 3.8) is 0 Å². The maximum absolute atomic E-state index is 5.50. The van der Waals surface area contributed by atoms with Crippen LogP contribution >= 0.6 is 0 Å². The SMILES string of the molecule is Cc1ccc(C)c(C[NH+]2CC[NH+](Cc3ccc4c(c3)OCO4)CC2)c1. The predicted octanol–water partition coefficient (Wildman–Crippen LogP) is 0.516. The van der Waals surface area contributed by atoms with Crippen LogP contribution in [0, 0.1) is 13.8 Å². The molecule has 0 radical (unpaired) electrons. The van der Waals surface area contributed by atoms with Crippen LogP contribution in [-0.2, 0) is 13.1 Å². The van der Waals surface area contributed by atoms with Gasteiger partial charge in [-0.3, -0.25) is 0 Å². The van der Waals surface area contributed by atoms with Gasteiger partial charge in [-0.05, 0) is 37.6 Å². The Kier molecular flexibility index (Phi) is 4.64. The molecule has 1 fully saturated rings. The van der Waals surface area contributed by atoms with E-state index in [9.17, 15) is 0 Å². The Morgan fingerprint density at radius 3 is 2.32 bits per heavy atom. The molecule has 0 saturated carbocycles. The minimum atomic E-state index is 0.353. The number of hydrogen-bond donors (Lipinski definition) is 2. The van der Waals surface area contributed by atoms with E-state index < -0.39 is 0 Å². The van der Waals surface area contributed by atoms with Crippen LogP contribution in [0.3, 0.4) is 0 Å². The average Bonchev–Trinajstić information content (AvgIpc) is 3.08. The first-order chi connectivity index (χ1) is 12.2. The van der Waals surface area contributed by atoms with E-state index in [2.05, 4.69) is 44.2 Å². The second kappa shape index (κ2) is 7.06. The molecule has 132 valence electrons. The molecule has 1 saturated heterocycles. The van der Waals surface area contributed by atoms with Gasteiger partial charge in [-0.2, -0.15) is 0 Å². The lowest BCUT2D eigenvalue weighted by molar-refractivity contribution is -1.02. The highest BCUT2D eigenvalue weighted by Gasteiger charge is 2.24. The van der Waals surface area contributed by atoms with E-state index in [1.165, 1.54) is 48.4 Å². The maximum atomic E-state index is 5.50. The van der Waals surface area contributed by atoms with Gasteiger partial charge in [-0.15, -0.1) is 0 Å². The van der Waals surface area contributed by atoms with Crippen LogP contribution in [0.4, 0.5) is 0 Å². The summed E-state index contributed by atoms with van der Waals surface area (Å²) in [5, 5.41) is 0. The van der Waals surface area contributed by atoms with Gasteiger partial charge in [-0.1, -0.05) is 23.8 Å². The Balaban J connectivity index is 1.31. The van der Waals surface area contributed by atoms with E-state index in [1.807, 2.05) is 6.07 Å². The van der Waals surface area contributed by atoms with E-state index >= 15 is 0 Å². The molecule has 0 atom stereocenters. The molecule has 4 heteroatoms. The highest BCUT2D eigenvalue weighted by atomic mass is 16.7. The van der Waals surface area contributed by atoms with E-state index in [0.717, 1.165) is 24.6 Å². The first kappa shape index (κ1) is 16.4. The van der Waals surface area contributed by atoms with Crippen molar-refractivity contribution < 1.29 is 19.3 Å². The highest BCUT2D eigenvalue weighted by molar-refractivity contribution is 5.44. The first-order valence-corrected chi connectivity index (χ1v) is 9.29. The van der Waals surface area contributed by atoms with Crippen molar-refractivity contribution in [2.75, 3.05) is 33.0 Å². The minimum Gasteiger partial charge on any atom is -0.454 e. The first-order valence-electron chi connectivity index (χ1n) is 9.29. The Labute approximate surface area is 150 Å². The topological polar surface area (TPSA) is 27.3 Å². The molecule has 4 nitrogen and oxygen atoms in total. The summed E-state index contributed by atoms with van der Waals surface area (Å²) in [4.78, 5) is 3.38. The lowest BCUT2D eigenvalue weighted by atomic mass is 10.0. The van der Waals surface area contributed by atoms with Gasteiger partial charge in [0, 0.05) is 11.1 Å². The Bertz CT molecular complexity index is 752. The molecule has 0 spiro atoms. The van der Waals surface area contributed by atoms with Crippen molar-refractivity contribution >= 4 is 0 Å². The summed E-state index contributed by atoms with van der Waals surface area (Å²) in [5.74, 6) is 1.78. The fraction of sp³-hybridized carbons (Fsp3) is 0.429. The molecule has 2 N–H and O–H groups in total. The number of benzene rings is 2. The number of quaternary nitrogens is 2. The van der Waals surface area contributed by atoms with Crippen molar-refractivity contribution in [3.8, 4) is 11.5 Å². The number of hydrogen-bond acceptors (Lipinski definition) is 2. The summed E-state index contributed by atoms with van der Waals surface area (Å²) in [5.41, 5.74) is 5.65. The molecular formula is C21H28N2O2+2. The summed E-state index contributed by atoms with van der Waals surface area (Å²) < 4.78 is 10.9. The molecular weight excluding hydrogens is 312 g/mol. The summed E-state index contributed by atoms with van der Waals surface area (Å²) in [6.45, 7) is 12.0. The van der Waals surface area contributed by atoms with Gasteiger partial charge in [0.2, 0.25) is 6.79 Å². The van der Waals surface area contributed by atoms with Crippen LogP contribution in [0.25, 0.3) is 0 Å². The van der Waals surface area contributed by atoms with Gasteiger partial charge in [0.05, 0.1) is 0 Å². The lowest BCUT2D eigenvalue weighted by Crippen LogP contribution is -3.27. The monoisotopic (exact) mass is 340 g/mol. The number of rotatable bonds is 4. The van der Waals surface area contributed by atoms with Gasteiger partial charge >= 0.3 is 0 Å². The molecule has 0 bridgehead atoms. The van der Waals surface area contributed by atoms with Crippen LogP contribution in [0.1, 0.15) is 22.3 Å². The molecule has 25 heavy (non-hydrogen) atoms. The van der Waals surface area contributed by atoms with E-state index in [0.29, 0.717) is 6.79 Å². The number of piperazine rings is 1. The van der Waals surface area contributed by atoms with Crippen molar-refractivity contribution in [2.45, 2.75) is 26.9 Å². The summed E-state index contributed by atoms with van der Waals surface area (Å²) in [7, 11) is 0. The molecule has 0 aromatic heterocycles. The zero-order valence-electron chi connectivity index (χ0n) is 15.2. The fourth-order valence-corrected chi connectivity index (χ4v) is 3.91. The maximum Gasteiger partial charge on any atom is 0.231 e. The summed E-state index contributed by atoms with van der Waals surface area (Å²) >= 11 is 0. The Hall–Kier alpha value is -2.04. The standard InChI is InChI=1S/C21H26N2O2/c1-16-3-4-17(2)19(11-16)14-23-9-7-22(8-10-23)13-18-5-6-20-21(12-18)25-15-24-20/h3-6,11-12H,7-10,13-15H2,1-2H3/p+2. The Morgan fingerprint density at radius 2 is 1.52 bits per heavy atom. The molecule has 2 aliphatic rings.